The van der Waals surface area contributed by atoms with Gasteiger partial charge in [-0.3, -0.25) is 0 Å². The van der Waals surface area contributed by atoms with Crippen LogP contribution in [0.25, 0.3) is 110 Å². The van der Waals surface area contributed by atoms with Crippen LogP contribution in [0.1, 0.15) is 119 Å². The lowest BCUT2D eigenvalue weighted by Gasteiger charge is -2.36. The quantitative estimate of drug-likeness (QED) is 0.0748. The second kappa shape index (κ2) is 33.3. The van der Waals surface area contributed by atoms with Crippen molar-refractivity contribution in [2.45, 2.75) is 89.9 Å². The summed E-state index contributed by atoms with van der Waals surface area (Å²) >= 11 is 0. The summed E-state index contributed by atoms with van der Waals surface area (Å²) < 4.78 is 30.6. The minimum atomic E-state index is -0.961. The average molecular weight is 1830 g/mol. The molecular formula is C134H102N4O4. The fraction of sp³-hybridized carbons (Fsp3) is 0.104. The molecule has 0 bridgehead atoms. The second-order valence-corrected chi connectivity index (χ2v) is 40.4. The number of hydrogen-bond donors (Lipinski definition) is 0. The first kappa shape index (κ1) is 85.2. The number of nitrogens with zero attached hydrogens (tertiary/aromatic N) is 4. The van der Waals surface area contributed by atoms with Gasteiger partial charge in [0.15, 0.2) is 0 Å². The molecule has 4 aromatic heterocycles. The first-order valence-electron chi connectivity index (χ1n) is 49.5. The van der Waals surface area contributed by atoms with E-state index < -0.39 is 10.8 Å². The first-order chi connectivity index (χ1) is 69.5. The number of para-hydroxylation sites is 6. The molecule has 0 unspecified atom stereocenters. The first-order valence-corrected chi connectivity index (χ1v) is 49.5. The van der Waals surface area contributed by atoms with Crippen molar-refractivity contribution < 1.29 is 17.7 Å². The topological polar surface area (TPSA) is 65.5 Å². The van der Waals surface area contributed by atoms with Crippen molar-refractivity contribution in [2.75, 3.05) is 19.6 Å². The Morgan fingerprint density at radius 3 is 0.704 bits per heavy atom. The van der Waals surface area contributed by atoms with Crippen LogP contribution in [0, 0.1) is 20.8 Å². The molecule has 0 amide bonds. The Morgan fingerprint density at radius 1 is 0.225 bits per heavy atom. The molecule has 0 saturated heterocycles. The van der Waals surface area contributed by atoms with E-state index in [0.717, 1.165) is 236 Å². The number of fused-ring (bicyclic) bond motifs is 22. The smallest absolute Gasteiger partial charge is 0.145 e. The van der Waals surface area contributed by atoms with E-state index >= 15 is 0 Å². The number of hydrogen-bond acceptors (Lipinski definition) is 8. The Balaban J connectivity index is 0.608. The third-order valence-corrected chi connectivity index (χ3v) is 30.5. The molecule has 0 aliphatic heterocycles. The highest BCUT2D eigenvalue weighted by Gasteiger charge is 2.54. The molecule has 0 N–H and O–H groups in total. The summed E-state index contributed by atoms with van der Waals surface area (Å²) in [6.07, 6.45) is 1.70. The summed E-state index contributed by atoms with van der Waals surface area (Å²) in [6, 6.07) is 166. The fourth-order valence-electron chi connectivity index (χ4n) is 23.5. The zero-order valence-corrected chi connectivity index (χ0v) is 80.6. The van der Waals surface area contributed by atoms with E-state index in [2.05, 4.69) is 524 Å². The molecule has 142 heavy (non-hydrogen) atoms. The molecule has 4 heterocycles. The molecule has 24 aromatic rings. The lowest BCUT2D eigenvalue weighted by Crippen LogP contribution is -2.29. The highest BCUT2D eigenvalue weighted by Crippen LogP contribution is 2.68. The Hall–Kier alpha value is -17.2. The molecule has 20 aromatic carbocycles. The summed E-state index contributed by atoms with van der Waals surface area (Å²) in [4.78, 5) is 9.84. The summed E-state index contributed by atoms with van der Waals surface area (Å²) in [6.45, 7) is 18.1. The fourth-order valence-corrected chi connectivity index (χ4v) is 23.5. The van der Waals surface area contributed by atoms with Crippen LogP contribution < -0.4 is 19.6 Å². The minimum absolute atomic E-state index is 0.0588. The summed E-state index contributed by atoms with van der Waals surface area (Å²) in [5.74, 6) is 0. The molecule has 8 nitrogen and oxygen atoms in total. The van der Waals surface area contributed by atoms with Gasteiger partial charge in [0.1, 0.15) is 44.7 Å². The van der Waals surface area contributed by atoms with Gasteiger partial charge in [0.25, 0.3) is 0 Å². The molecule has 8 heteroatoms. The Labute approximate surface area is 826 Å². The van der Waals surface area contributed by atoms with Crippen LogP contribution in [0.4, 0.5) is 68.2 Å². The highest BCUT2D eigenvalue weighted by atomic mass is 16.3. The van der Waals surface area contributed by atoms with Gasteiger partial charge in [-0.1, -0.05) is 355 Å². The number of aryl methyl sites for hydroxylation is 4. The molecule has 26 rings (SSSR count). The van der Waals surface area contributed by atoms with Gasteiger partial charge in [0.05, 0.1) is 55.1 Å². The maximum atomic E-state index is 7.70. The largest absolute Gasteiger partial charge is 0.455 e. The van der Waals surface area contributed by atoms with Crippen LogP contribution in [0.3, 0.4) is 0 Å². The van der Waals surface area contributed by atoms with Crippen LogP contribution in [-0.2, 0) is 28.1 Å². The summed E-state index contributed by atoms with van der Waals surface area (Å²) in [5.41, 5.74) is 36.5. The van der Waals surface area contributed by atoms with Crippen molar-refractivity contribution >= 4 is 156 Å². The number of rotatable bonds is 20. The van der Waals surface area contributed by atoms with Crippen molar-refractivity contribution in [3.05, 3.63) is 527 Å². The SMILES string of the molecule is Cc1ccc(N(c2ccc(C)cc2)c2cc3c(c4oc5ccccc5c24)-c2c(cc(N(c4ccc(C)cc4)c4ccc(CCC(C)(C)c5ccc(N(c6ccccc6)c6cc7c(c8oc9ccccc9c68)-c6c(cc(N(c8ccccc8)c8ccc(C(C)(C)C)cc8)c8c6oc6ccccc68)C7(c6ccccc6)c6ccccc6)cc5)cc4)c4c2oc2ccccc24)C3(c2ccccc2)c2ccccc2)cc1. The van der Waals surface area contributed by atoms with Crippen LogP contribution in [0.15, 0.2) is 467 Å². The summed E-state index contributed by atoms with van der Waals surface area (Å²) in [7, 11) is 0. The maximum Gasteiger partial charge on any atom is 0.145 e. The van der Waals surface area contributed by atoms with Gasteiger partial charge >= 0.3 is 0 Å². The zero-order valence-electron chi connectivity index (χ0n) is 80.6. The third kappa shape index (κ3) is 13.4. The molecule has 0 radical (unpaired) electrons. The third-order valence-electron chi connectivity index (χ3n) is 30.5. The molecule has 0 saturated carbocycles. The molecule has 2 aliphatic rings. The van der Waals surface area contributed by atoms with Gasteiger partial charge in [-0.2, -0.15) is 0 Å². The van der Waals surface area contributed by atoms with Crippen LogP contribution in [0.5, 0.6) is 0 Å². The lowest BCUT2D eigenvalue weighted by molar-refractivity contribution is 0.480. The van der Waals surface area contributed by atoms with E-state index in [4.69, 9.17) is 17.7 Å². The van der Waals surface area contributed by atoms with Crippen molar-refractivity contribution in [2.24, 2.45) is 0 Å². The van der Waals surface area contributed by atoms with E-state index in [0.29, 0.717) is 0 Å². The minimum Gasteiger partial charge on any atom is -0.455 e. The number of furan rings is 4. The molecular weight excluding hydrogens is 1730 g/mol. The van der Waals surface area contributed by atoms with Crippen molar-refractivity contribution in [3.63, 3.8) is 0 Å². The van der Waals surface area contributed by atoms with E-state index in [9.17, 15) is 0 Å². The lowest BCUT2D eigenvalue weighted by atomic mass is 9.67. The molecule has 0 fully saturated rings. The molecule has 0 atom stereocenters. The Kier molecular flexibility index (Phi) is 20.0. The van der Waals surface area contributed by atoms with Gasteiger partial charge in [-0.05, 0) is 251 Å². The van der Waals surface area contributed by atoms with Gasteiger partial charge < -0.3 is 37.3 Å². The van der Waals surface area contributed by atoms with E-state index in [1.807, 2.05) is 0 Å². The van der Waals surface area contributed by atoms with E-state index in [1.165, 1.54) is 33.4 Å². The van der Waals surface area contributed by atoms with Gasteiger partial charge in [-0.25, -0.2) is 0 Å². The predicted molar refractivity (Wildman–Crippen MR) is 590 cm³/mol. The predicted octanol–water partition coefficient (Wildman–Crippen LogP) is 37.0. The van der Waals surface area contributed by atoms with Crippen molar-refractivity contribution in [1.29, 1.82) is 0 Å². The van der Waals surface area contributed by atoms with E-state index in [1.54, 1.807) is 0 Å². The molecule has 2 aliphatic carbocycles. The van der Waals surface area contributed by atoms with E-state index in [-0.39, 0.29) is 10.8 Å². The van der Waals surface area contributed by atoms with Crippen LogP contribution >= 0.6 is 0 Å². The Morgan fingerprint density at radius 2 is 0.444 bits per heavy atom. The van der Waals surface area contributed by atoms with Crippen LogP contribution in [0.2, 0.25) is 0 Å². The average Bonchev–Trinajstić information content (AvgIpc) is 1.50. The maximum absolute atomic E-state index is 7.70. The zero-order chi connectivity index (χ0) is 95.4. The van der Waals surface area contributed by atoms with Crippen molar-refractivity contribution in [3.8, 4) is 22.3 Å². The standard InChI is InChI=1S/C134H102N4O4/c1-85-55-67-97(68-56-85)137(98-69-57-86(2)58-70-98)113-83-109-125(129-121(113)105-49-29-33-53-117(105)141-129)126-110(134(109,93-39-19-11-20-40-93)94-41-21-12-22-42-94)84-114(122-106-50-30-34-54-118(106)142-130(122)126)138(99-71-59-87(3)60-72-99)100-73-61-88(62-74-100)79-80-132(7,8)90-65-77-102(78-66-90)136(96-45-25-14-26-46-96)112-82-108-124(128-120(112)104-48-28-32-52-116(104)140-128)123-107(133(108,91-35-15-9-16-36-91)92-37-17-10-18-38-92)81-111(119-103-47-27-31-51-115(103)139-127(119)123)135(95-43-23-13-24-44-95)101-75-63-89(64-76-101)131(4,5)6/h9-78,81-84H,79-80H2,1-8H3. The van der Waals surface area contributed by atoms with Crippen LogP contribution in [-0.4, -0.2) is 0 Å². The van der Waals surface area contributed by atoms with Crippen molar-refractivity contribution in [1.82, 2.24) is 0 Å². The number of anilines is 12. The Bertz CT molecular complexity index is 8890. The monoisotopic (exact) mass is 1830 g/mol. The highest BCUT2D eigenvalue weighted by molar-refractivity contribution is 6.28. The molecule has 682 valence electrons. The summed E-state index contributed by atoms with van der Waals surface area (Å²) in [5, 5.41) is 8.14. The van der Waals surface area contributed by atoms with Gasteiger partial charge in [0, 0.05) is 89.3 Å². The normalized spacial score (nSPS) is 13.1. The van der Waals surface area contributed by atoms with Gasteiger partial charge in [-0.15, -0.1) is 0 Å². The van der Waals surface area contributed by atoms with Gasteiger partial charge in [0.2, 0.25) is 0 Å². The second-order valence-electron chi connectivity index (χ2n) is 40.4. The number of benzene rings is 20. The molecule has 0 spiro atoms.